The van der Waals surface area contributed by atoms with Gasteiger partial charge in [0.05, 0.1) is 30.0 Å². The average molecular weight is 481 g/mol. The van der Waals surface area contributed by atoms with E-state index in [0.717, 1.165) is 17.7 Å². The summed E-state index contributed by atoms with van der Waals surface area (Å²) < 4.78 is 20.2. The maximum atomic E-state index is 15.0. The van der Waals surface area contributed by atoms with Crippen molar-refractivity contribution in [1.29, 1.82) is 5.26 Å². The quantitative estimate of drug-likeness (QED) is 0.616. The first kappa shape index (κ1) is 23.6. The minimum atomic E-state index is -0.550. The fourth-order valence-electron chi connectivity index (χ4n) is 3.98. The average Bonchev–Trinajstić information content (AvgIpc) is 3.22. The van der Waals surface area contributed by atoms with E-state index in [1.165, 1.54) is 23.5 Å². The molecule has 0 radical (unpaired) electrons. The van der Waals surface area contributed by atoms with E-state index in [2.05, 4.69) is 16.8 Å². The molecule has 176 valence electrons. The maximum Gasteiger partial charge on any atom is 0.414 e. The summed E-state index contributed by atoms with van der Waals surface area (Å²) in [7, 11) is 0. The monoisotopic (exact) mass is 480 g/mol. The van der Waals surface area contributed by atoms with Crippen LogP contribution in [0.15, 0.2) is 58.3 Å². The van der Waals surface area contributed by atoms with Crippen molar-refractivity contribution >= 4 is 35.1 Å². The normalized spacial score (nSPS) is 17.9. The standard InChI is InChI=1S/C25H25FN4O3S/c1-17(31)28-14-21-15-30(25(32)33-21)20-6-7-23(22(26)12-20)29-10-8-18(9-11-29)16-34-24-5-3-2-4-19(24)13-27/h2-7,12,16,21H,8-11,14-15H2,1H3,(H,28,31)/t21-/m0/s1. The molecule has 2 aromatic carbocycles. The van der Waals surface area contributed by atoms with Crippen LogP contribution in [0, 0.1) is 17.1 Å². The number of rotatable bonds is 6. The highest BCUT2D eigenvalue weighted by atomic mass is 32.2. The Morgan fingerprint density at radius 2 is 2.06 bits per heavy atom. The molecular weight excluding hydrogens is 455 g/mol. The lowest BCUT2D eigenvalue weighted by atomic mass is 10.1. The number of anilines is 2. The number of hydrogen-bond acceptors (Lipinski definition) is 6. The first-order chi connectivity index (χ1) is 16.4. The number of benzene rings is 2. The maximum absolute atomic E-state index is 15.0. The van der Waals surface area contributed by atoms with E-state index in [4.69, 9.17) is 4.74 Å². The summed E-state index contributed by atoms with van der Waals surface area (Å²) in [4.78, 5) is 27.6. The number of carbonyl (C=O) groups is 2. The van der Waals surface area contributed by atoms with Gasteiger partial charge in [-0.15, -0.1) is 0 Å². The fraction of sp³-hybridized carbons (Fsp3) is 0.320. The van der Waals surface area contributed by atoms with Gasteiger partial charge < -0.3 is 15.0 Å². The third-order valence-corrected chi connectivity index (χ3v) is 6.86. The molecule has 0 saturated carbocycles. The van der Waals surface area contributed by atoms with Gasteiger partial charge in [0.25, 0.3) is 0 Å². The molecule has 2 aromatic rings. The number of piperidine rings is 1. The van der Waals surface area contributed by atoms with Gasteiger partial charge in [-0.1, -0.05) is 29.5 Å². The molecule has 34 heavy (non-hydrogen) atoms. The van der Waals surface area contributed by atoms with E-state index in [1.54, 1.807) is 30.0 Å². The van der Waals surface area contributed by atoms with E-state index in [0.29, 0.717) is 30.0 Å². The van der Waals surface area contributed by atoms with Crippen LogP contribution >= 0.6 is 11.8 Å². The molecule has 0 spiro atoms. The zero-order valence-electron chi connectivity index (χ0n) is 18.8. The lowest BCUT2D eigenvalue weighted by Crippen LogP contribution is -2.33. The first-order valence-electron chi connectivity index (χ1n) is 11.1. The molecule has 0 unspecified atom stereocenters. The number of halogens is 1. The molecule has 2 saturated heterocycles. The van der Waals surface area contributed by atoms with Gasteiger partial charge in [-0.2, -0.15) is 5.26 Å². The summed E-state index contributed by atoms with van der Waals surface area (Å²) in [6.45, 7) is 3.25. The number of cyclic esters (lactones) is 1. The van der Waals surface area contributed by atoms with Crippen molar-refractivity contribution in [3.8, 4) is 6.07 Å². The predicted molar refractivity (Wildman–Crippen MR) is 129 cm³/mol. The Bertz CT molecular complexity index is 1150. The van der Waals surface area contributed by atoms with Crippen LogP contribution in [0.1, 0.15) is 25.3 Å². The van der Waals surface area contributed by atoms with Crippen LogP contribution < -0.4 is 15.1 Å². The van der Waals surface area contributed by atoms with E-state index in [-0.39, 0.29) is 24.8 Å². The van der Waals surface area contributed by atoms with E-state index in [9.17, 15) is 19.2 Å². The summed E-state index contributed by atoms with van der Waals surface area (Å²) >= 11 is 1.55. The van der Waals surface area contributed by atoms with Crippen LogP contribution in [-0.4, -0.2) is 44.3 Å². The van der Waals surface area contributed by atoms with Crippen molar-refractivity contribution in [3.63, 3.8) is 0 Å². The predicted octanol–water partition coefficient (Wildman–Crippen LogP) is 4.44. The second-order valence-corrected chi connectivity index (χ2v) is 9.09. The zero-order valence-corrected chi connectivity index (χ0v) is 19.6. The van der Waals surface area contributed by atoms with Crippen LogP contribution in [0.25, 0.3) is 0 Å². The molecule has 2 fully saturated rings. The molecule has 2 aliphatic rings. The minimum absolute atomic E-state index is 0.199. The van der Waals surface area contributed by atoms with Crippen LogP contribution in [0.4, 0.5) is 20.6 Å². The summed E-state index contributed by atoms with van der Waals surface area (Å²) in [5.41, 5.74) is 2.87. The number of nitrogens with zero attached hydrogens (tertiary/aromatic N) is 3. The molecule has 9 heteroatoms. The molecule has 0 aliphatic carbocycles. The van der Waals surface area contributed by atoms with E-state index < -0.39 is 12.2 Å². The lowest BCUT2D eigenvalue weighted by Gasteiger charge is -2.31. The number of ether oxygens (including phenoxy) is 1. The largest absolute Gasteiger partial charge is 0.442 e. The van der Waals surface area contributed by atoms with Gasteiger partial charge in [0.2, 0.25) is 5.91 Å². The fourth-order valence-corrected chi connectivity index (χ4v) is 4.90. The second-order valence-electron chi connectivity index (χ2n) is 8.18. The number of nitriles is 1. The Balaban J connectivity index is 1.36. The Hall–Kier alpha value is -3.51. The highest BCUT2D eigenvalue weighted by Crippen LogP contribution is 2.32. The van der Waals surface area contributed by atoms with Crippen molar-refractivity contribution in [3.05, 3.63) is 64.8 Å². The molecule has 2 amide bonds. The summed E-state index contributed by atoms with van der Waals surface area (Å²) in [5.74, 6) is -0.588. The summed E-state index contributed by atoms with van der Waals surface area (Å²) in [5, 5.41) is 14.0. The van der Waals surface area contributed by atoms with Gasteiger partial charge >= 0.3 is 6.09 Å². The number of thioether (sulfide) groups is 1. The molecule has 1 N–H and O–H groups in total. The SMILES string of the molecule is CC(=O)NC[C@H]1CN(c2ccc(N3CCC(=CSc4ccccc4C#N)CC3)c(F)c2)C(=O)O1. The smallest absolute Gasteiger partial charge is 0.414 e. The summed E-state index contributed by atoms with van der Waals surface area (Å²) in [6.07, 6.45) is 0.605. The first-order valence-corrected chi connectivity index (χ1v) is 11.9. The van der Waals surface area contributed by atoms with Crippen molar-refractivity contribution in [1.82, 2.24) is 5.32 Å². The van der Waals surface area contributed by atoms with Crippen molar-refractivity contribution < 1.29 is 18.7 Å². The van der Waals surface area contributed by atoms with Gasteiger partial charge in [0.1, 0.15) is 18.0 Å². The van der Waals surface area contributed by atoms with Crippen molar-refractivity contribution in [2.24, 2.45) is 0 Å². The topological polar surface area (TPSA) is 85.7 Å². The lowest BCUT2D eigenvalue weighted by molar-refractivity contribution is -0.119. The molecule has 7 nitrogen and oxygen atoms in total. The van der Waals surface area contributed by atoms with Crippen molar-refractivity contribution in [2.75, 3.05) is 36.0 Å². The van der Waals surface area contributed by atoms with Gasteiger partial charge in [-0.25, -0.2) is 9.18 Å². The third kappa shape index (κ3) is 5.51. The highest BCUT2D eigenvalue weighted by Gasteiger charge is 2.33. The molecule has 2 heterocycles. The van der Waals surface area contributed by atoms with Gasteiger partial charge in [0, 0.05) is 24.9 Å². The Labute approximate surface area is 202 Å². The minimum Gasteiger partial charge on any atom is -0.442 e. The Kier molecular flexibility index (Phi) is 7.38. The molecule has 4 rings (SSSR count). The van der Waals surface area contributed by atoms with Crippen LogP contribution in [0.2, 0.25) is 0 Å². The molecule has 0 bridgehead atoms. The van der Waals surface area contributed by atoms with Gasteiger partial charge in [0.15, 0.2) is 0 Å². The number of hydrogen-bond donors (Lipinski definition) is 1. The number of amides is 2. The molecular formula is C25H25FN4O3S. The Morgan fingerprint density at radius 3 is 2.76 bits per heavy atom. The van der Waals surface area contributed by atoms with E-state index in [1.807, 2.05) is 23.1 Å². The second kappa shape index (κ2) is 10.6. The van der Waals surface area contributed by atoms with Gasteiger partial charge in [-0.3, -0.25) is 9.69 Å². The van der Waals surface area contributed by atoms with Crippen LogP contribution in [-0.2, 0) is 9.53 Å². The molecule has 0 aromatic heterocycles. The summed E-state index contributed by atoms with van der Waals surface area (Å²) in [6, 6.07) is 14.5. The van der Waals surface area contributed by atoms with Crippen molar-refractivity contribution in [2.45, 2.75) is 30.8 Å². The van der Waals surface area contributed by atoms with Crippen LogP contribution in [0.3, 0.4) is 0 Å². The van der Waals surface area contributed by atoms with Gasteiger partial charge in [-0.05, 0) is 48.6 Å². The number of nitrogens with one attached hydrogen (secondary N) is 1. The molecule has 2 aliphatic heterocycles. The Morgan fingerprint density at radius 1 is 1.29 bits per heavy atom. The highest BCUT2D eigenvalue weighted by molar-refractivity contribution is 8.02. The van der Waals surface area contributed by atoms with Crippen LogP contribution in [0.5, 0.6) is 0 Å². The molecule has 1 atom stereocenters. The van der Waals surface area contributed by atoms with E-state index >= 15 is 0 Å². The number of carbonyl (C=O) groups excluding carboxylic acids is 2. The third-order valence-electron chi connectivity index (χ3n) is 5.80. The zero-order chi connectivity index (χ0) is 24.1.